The third kappa shape index (κ3) is 17.4. The van der Waals surface area contributed by atoms with Crippen LogP contribution in [-0.2, 0) is 0 Å². The molecule has 0 saturated carbocycles. The molecule has 0 atom stereocenters. The molecule has 7 heteroatoms. The van der Waals surface area contributed by atoms with Gasteiger partial charge in [0.15, 0.2) is 0 Å². The lowest BCUT2D eigenvalue weighted by atomic mass is 10.5. The summed E-state index contributed by atoms with van der Waals surface area (Å²) >= 11 is 0. The molecular formula is C13H19N7. The molecule has 0 bridgehead atoms. The topological polar surface area (TPSA) is 120 Å². The smallest absolute Gasteiger partial charge is 0.0919 e. The number of aromatic nitrogens is 5. The van der Waals surface area contributed by atoms with E-state index in [0.29, 0.717) is 0 Å². The van der Waals surface area contributed by atoms with Crippen molar-refractivity contribution >= 4 is 5.84 Å². The molecule has 20 heavy (non-hydrogen) atoms. The van der Waals surface area contributed by atoms with E-state index in [2.05, 4.69) is 25.1 Å². The Morgan fingerprint density at radius 3 is 1.80 bits per heavy atom. The van der Waals surface area contributed by atoms with Gasteiger partial charge in [-0.2, -0.15) is 5.10 Å². The summed E-state index contributed by atoms with van der Waals surface area (Å²) < 4.78 is 0. The van der Waals surface area contributed by atoms with Crippen molar-refractivity contribution in [3.63, 3.8) is 0 Å². The van der Waals surface area contributed by atoms with Crippen LogP contribution in [0.25, 0.3) is 0 Å². The molecule has 0 radical (unpaired) electrons. The molecule has 3 rings (SSSR count). The lowest BCUT2D eigenvalue weighted by Gasteiger charge is -1.70. The second-order valence-electron chi connectivity index (χ2n) is 3.23. The van der Waals surface area contributed by atoms with Gasteiger partial charge in [0.25, 0.3) is 0 Å². The number of hydrogen-bond acceptors (Lipinski definition) is 4. The van der Waals surface area contributed by atoms with Gasteiger partial charge < -0.3 is 10.7 Å². The lowest BCUT2D eigenvalue weighted by molar-refractivity contribution is 1.09. The van der Waals surface area contributed by atoms with Crippen LogP contribution in [-0.4, -0.2) is 31.0 Å². The standard InChI is InChI=1S/C5H5N.2C3H4N2.C2H6N2/c1-2-4-6-5-3-1;1-2-5-3-4-1;1-2-4-5-3-1;1-2(3)4/h1-5H;2*1-3H,(H,4,5);1H3,(H3,3,4). The number of hydrogen-bond donors (Lipinski definition) is 4. The average molecular weight is 273 g/mol. The summed E-state index contributed by atoms with van der Waals surface area (Å²) in [4.78, 5) is 10.2. The molecule has 0 amide bonds. The highest BCUT2D eigenvalue weighted by Gasteiger charge is 1.58. The first-order chi connectivity index (χ1) is 9.73. The second kappa shape index (κ2) is 14.1. The van der Waals surface area contributed by atoms with Crippen LogP contribution in [0.2, 0.25) is 0 Å². The minimum absolute atomic E-state index is 0.167. The molecule has 0 aliphatic carbocycles. The van der Waals surface area contributed by atoms with Crippen LogP contribution < -0.4 is 5.73 Å². The van der Waals surface area contributed by atoms with Crippen molar-refractivity contribution in [2.75, 3.05) is 0 Å². The minimum atomic E-state index is 0.167. The zero-order valence-electron chi connectivity index (χ0n) is 11.3. The van der Waals surface area contributed by atoms with Crippen LogP contribution in [0.15, 0.2) is 67.8 Å². The Balaban J connectivity index is 0.000000244. The monoisotopic (exact) mass is 273 g/mol. The Morgan fingerprint density at radius 2 is 1.65 bits per heavy atom. The van der Waals surface area contributed by atoms with E-state index in [1.807, 2.05) is 24.3 Å². The maximum atomic E-state index is 6.28. The summed E-state index contributed by atoms with van der Waals surface area (Å²) in [5.74, 6) is 0.167. The van der Waals surface area contributed by atoms with Gasteiger partial charge in [0.1, 0.15) is 0 Å². The summed E-state index contributed by atoms with van der Waals surface area (Å²) in [6.45, 7) is 1.53. The van der Waals surface area contributed by atoms with Gasteiger partial charge in [-0.15, -0.1) is 0 Å². The molecular weight excluding hydrogens is 254 g/mol. The Morgan fingerprint density at radius 1 is 0.950 bits per heavy atom. The highest BCUT2D eigenvalue weighted by molar-refractivity contribution is 5.73. The Labute approximate surface area is 117 Å². The number of H-pyrrole nitrogens is 2. The van der Waals surface area contributed by atoms with Gasteiger partial charge in [0, 0.05) is 37.2 Å². The van der Waals surface area contributed by atoms with Crippen molar-refractivity contribution in [3.8, 4) is 0 Å². The van der Waals surface area contributed by atoms with Crippen LogP contribution in [0.4, 0.5) is 0 Å². The van der Waals surface area contributed by atoms with Crippen LogP contribution in [0, 0.1) is 5.41 Å². The highest BCUT2D eigenvalue weighted by Crippen LogP contribution is 1.73. The quantitative estimate of drug-likeness (QED) is 0.369. The van der Waals surface area contributed by atoms with Gasteiger partial charge >= 0.3 is 0 Å². The summed E-state index contributed by atoms with van der Waals surface area (Å²) in [6, 6.07) is 7.55. The molecule has 0 saturated heterocycles. The predicted molar refractivity (Wildman–Crippen MR) is 79.0 cm³/mol. The molecule has 0 fully saturated rings. The number of imidazole rings is 1. The fraction of sp³-hybridized carbons (Fsp3) is 0.0769. The van der Waals surface area contributed by atoms with Gasteiger partial charge in [-0.1, -0.05) is 6.07 Å². The Bertz CT molecular complexity index is 385. The van der Waals surface area contributed by atoms with Crippen LogP contribution in [0.1, 0.15) is 6.92 Å². The van der Waals surface area contributed by atoms with Gasteiger partial charge in [-0.25, -0.2) is 4.98 Å². The number of nitrogens with one attached hydrogen (secondary N) is 3. The normalized spacial score (nSPS) is 7.65. The minimum Gasteiger partial charge on any atom is -0.388 e. The van der Waals surface area contributed by atoms with Crippen molar-refractivity contribution in [2.24, 2.45) is 5.73 Å². The number of pyridine rings is 1. The first-order valence-electron chi connectivity index (χ1n) is 5.75. The summed E-state index contributed by atoms with van der Waals surface area (Å²) in [5, 5.41) is 12.5. The van der Waals surface area contributed by atoms with Crippen LogP contribution in [0.3, 0.4) is 0 Å². The van der Waals surface area contributed by atoms with E-state index in [-0.39, 0.29) is 5.84 Å². The van der Waals surface area contributed by atoms with Gasteiger partial charge in [0.05, 0.1) is 12.2 Å². The third-order valence-electron chi connectivity index (χ3n) is 1.38. The molecule has 3 aromatic heterocycles. The van der Waals surface area contributed by atoms with E-state index < -0.39 is 0 Å². The summed E-state index contributed by atoms with van der Waals surface area (Å²) in [5.41, 5.74) is 4.69. The zero-order chi connectivity index (χ0) is 14.9. The van der Waals surface area contributed by atoms with Crippen molar-refractivity contribution in [2.45, 2.75) is 6.92 Å². The first kappa shape index (κ1) is 17.0. The SMILES string of the molecule is CC(=N)N.c1c[nH]cn1.c1ccncc1.c1cn[nH]c1. The van der Waals surface area contributed by atoms with Crippen LogP contribution >= 0.6 is 0 Å². The first-order valence-corrected chi connectivity index (χ1v) is 5.75. The van der Waals surface area contributed by atoms with Crippen molar-refractivity contribution in [3.05, 3.63) is 67.8 Å². The molecule has 0 aliphatic heterocycles. The molecule has 0 aromatic carbocycles. The molecule has 3 aromatic rings. The Kier molecular flexibility index (Phi) is 12.0. The van der Waals surface area contributed by atoms with E-state index in [9.17, 15) is 0 Å². The number of rotatable bonds is 0. The van der Waals surface area contributed by atoms with E-state index >= 15 is 0 Å². The lowest BCUT2D eigenvalue weighted by Crippen LogP contribution is -2.00. The molecule has 5 N–H and O–H groups in total. The highest BCUT2D eigenvalue weighted by atomic mass is 15.1. The number of nitrogens with zero attached hydrogens (tertiary/aromatic N) is 3. The van der Waals surface area contributed by atoms with Gasteiger partial charge in [-0.3, -0.25) is 15.5 Å². The number of aromatic amines is 2. The fourth-order valence-corrected chi connectivity index (χ4v) is 0.743. The summed E-state index contributed by atoms with van der Waals surface area (Å²) in [7, 11) is 0. The fourth-order valence-electron chi connectivity index (χ4n) is 0.743. The van der Waals surface area contributed by atoms with Gasteiger partial charge in [-0.05, 0) is 25.1 Å². The summed E-state index contributed by atoms with van der Waals surface area (Å²) in [6.07, 6.45) is 12.0. The van der Waals surface area contributed by atoms with E-state index in [4.69, 9.17) is 11.1 Å². The molecule has 0 spiro atoms. The van der Waals surface area contributed by atoms with Crippen molar-refractivity contribution in [1.82, 2.24) is 25.1 Å². The maximum absolute atomic E-state index is 6.28. The number of amidine groups is 1. The predicted octanol–water partition coefficient (Wildman–Crippen LogP) is 1.84. The molecule has 0 aliphatic rings. The maximum Gasteiger partial charge on any atom is 0.0919 e. The molecule has 106 valence electrons. The van der Waals surface area contributed by atoms with Crippen molar-refractivity contribution < 1.29 is 0 Å². The second-order valence-corrected chi connectivity index (χ2v) is 3.23. The van der Waals surface area contributed by atoms with E-state index in [1.165, 1.54) is 6.92 Å². The molecule has 0 unspecified atom stereocenters. The third-order valence-corrected chi connectivity index (χ3v) is 1.38. The zero-order valence-corrected chi connectivity index (χ0v) is 11.3. The number of nitrogens with two attached hydrogens (primary N) is 1. The van der Waals surface area contributed by atoms with E-state index in [1.54, 1.807) is 43.5 Å². The Hall–Kier alpha value is -2.96. The average Bonchev–Trinajstić information content (AvgIpc) is 3.19. The van der Waals surface area contributed by atoms with Gasteiger partial charge in [0.2, 0.25) is 0 Å². The largest absolute Gasteiger partial charge is 0.388 e. The molecule has 7 nitrogen and oxygen atoms in total. The van der Waals surface area contributed by atoms with Crippen LogP contribution in [0.5, 0.6) is 0 Å². The molecule has 3 heterocycles. The van der Waals surface area contributed by atoms with Crippen molar-refractivity contribution in [1.29, 1.82) is 5.41 Å². The van der Waals surface area contributed by atoms with E-state index in [0.717, 1.165) is 0 Å².